The summed E-state index contributed by atoms with van der Waals surface area (Å²) in [4.78, 5) is 7.71. The molecule has 0 radical (unpaired) electrons. The van der Waals surface area contributed by atoms with Crippen molar-refractivity contribution in [2.24, 2.45) is 5.92 Å². The molecule has 2 aliphatic heterocycles. The predicted molar refractivity (Wildman–Crippen MR) is 125 cm³/mol. The molecule has 1 saturated carbocycles. The number of hydrogen-bond donors (Lipinski definition) is 2. The van der Waals surface area contributed by atoms with Gasteiger partial charge in [0, 0.05) is 30.0 Å². The van der Waals surface area contributed by atoms with E-state index in [4.69, 9.17) is 9.72 Å². The molecule has 5 heteroatoms. The fourth-order valence-electron chi connectivity index (χ4n) is 7.80. The Morgan fingerprint density at radius 2 is 2.03 bits per heavy atom. The lowest BCUT2D eigenvalue weighted by molar-refractivity contribution is -0.173. The smallest absolute Gasteiger partial charge is 0.166 e. The van der Waals surface area contributed by atoms with Gasteiger partial charge in [-0.25, -0.2) is 4.98 Å². The number of pyridine rings is 1. The molecule has 5 aliphatic rings. The molecule has 3 aliphatic carbocycles. The number of phenols is 1. The largest absolute Gasteiger partial charge is 0.504 e. The van der Waals surface area contributed by atoms with Gasteiger partial charge in [0.1, 0.15) is 0 Å². The molecule has 1 saturated heterocycles. The van der Waals surface area contributed by atoms with Crippen LogP contribution in [0.2, 0.25) is 0 Å². The highest BCUT2D eigenvalue weighted by atomic mass is 16.5. The number of ether oxygens (including phenoxy) is 1. The second-order valence-corrected chi connectivity index (χ2v) is 11.0. The molecule has 2 N–H and O–H groups in total. The third kappa shape index (κ3) is 2.10. The van der Waals surface area contributed by atoms with Gasteiger partial charge in [0.2, 0.25) is 0 Å². The Morgan fingerprint density at radius 3 is 2.88 bits per heavy atom. The SMILES string of the molecule is Cc1c2c(nc3ccccc13)[C@@H]1Oc3c(O)ccc4c3[C@@]13CCN(CC1CC1)[C@H](C4)[C@]3(O)C2. The molecule has 2 aromatic carbocycles. The number of fused-ring (bicyclic) bond motifs is 3. The summed E-state index contributed by atoms with van der Waals surface area (Å²) in [6.45, 7) is 4.20. The van der Waals surface area contributed by atoms with Crippen LogP contribution in [0.4, 0.5) is 0 Å². The van der Waals surface area contributed by atoms with Crippen LogP contribution in [0.5, 0.6) is 11.5 Å². The highest BCUT2D eigenvalue weighted by molar-refractivity contribution is 5.84. The Labute approximate surface area is 193 Å². The Morgan fingerprint density at radius 1 is 1.18 bits per heavy atom. The number of aromatic nitrogens is 1. The quantitative estimate of drug-likeness (QED) is 0.632. The van der Waals surface area contributed by atoms with Crippen LogP contribution in [0.15, 0.2) is 36.4 Å². The van der Waals surface area contributed by atoms with Crippen LogP contribution >= 0.6 is 0 Å². The van der Waals surface area contributed by atoms with Gasteiger partial charge in [0.05, 0.1) is 22.2 Å². The Bertz CT molecular complexity index is 1360. The van der Waals surface area contributed by atoms with E-state index in [-0.39, 0.29) is 17.9 Å². The van der Waals surface area contributed by atoms with Crippen LogP contribution in [0, 0.1) is 12.8 Å². The number of likely N-dealkylation sites (tertiary alicyclic amines) is 1. The maximum atomic E-state index is 12.8. The van der Waals surface area contributed by atoms with E-state index in [1.165, 1.54) is 24.0 Å². The Hall–Kier alpha value is -2.63. The van der Waals surface area contributed by atoms with Crippen LogP contribution in [0.1, 0.15) is 53.3 Å². The molecular weight excluding hydrogens is 412 g/mol. The minimum atomic E-state index is -0.946. The molecule has 2 bridgehead atoms. The number of aromatic hydroxyl groups is 1. The van der Waals surface area contributed by atoms with Crippen molar-refractivity contribution in [2.75, 3.05) is 13.1 Å². The van der Waals surface area contributed by atoms with Crippen LogP contribution in [-0.2, 0) is 18.3 Å². The predicted octanol–water partition coefficient (Wildman–Crippen LogP) is 3.95. The number of phenolic OH excluding ortho intramolecular Hbond substituents is 1. The van der Waals surface area contributed by atoms with Gasteiger partial charge in [-0.15, -0.1) is 0 Å². The van der Waals surface area contributed by atoms with E-state index < -0.39 is 11.0 Å². The number of aliphatic hydroxyl groups is 1. The van der Waals surface area contributed by atoms with Crippen molar-refractivity contribution in [1.29, 1.82) is 0 Å². The summed E-state index contributed by atoms with van der Waals surface area (Å²) in [5.74, 6) is 1.53. The zero-order valence-corrected chi connectivity index (χ0v) is 18.8. The van der Waals surface area contributed by atoms with Crippen molar-refractivity contribution >= 4 is 10.9 Å². The molecule has 3 heterocycles. The number of piperidine rings is 1. The first kappa shape index (κ1) is 18.8. The van der Waals surface area contributed by atoms with Gasteiger partial charge in [-0.05, 0) is 73.9 Å². The summed E-state index contributed by atoms with van der Waals surface area (Å²) in [7, 11) is 0. The number of rotatable bonds is 2. The first-order chi connectivity index (χ1) is 16.0. The fraction of sp³-hybridized carbons (Fsp3) is 0.464. The zero-order valence-electron chi connectivity index (χ0n) is 18.8. The van der Waals surface area contributed by atoms with E-state index in [1.54, 1.807) is 6.07 Å². The van der Waals surface area contributed by atoms with Crippen LogP contribution < -0.4 is 4.74 Å². The highest BCUT2D eigenvalue weighted by Crippen LogP contribution is 2.68. The van der Waals surface area contributed by atoms with Gasteiger partial charge in [-0.2, -0.15) is 0 Å². The molecule has 2 fully saturated rings. The lowest BCUT2D eigenvalue weighted by Crippen LogP contribution is -2.74. The van der Waals surface area contributed by atoms with Gasteiger partial charge in [-0.1, -0.05) is 24.3 Å². The molecule has 33 heavy (non-hydrogen) atoms. The normalized spacial score (nSPS) is 33.5. The summed E-state index contributed by atoms with van der Waals surface area (Å²) in [5.41, 5.74) is 5.02. The van der Waals surface area contributed by atoms with Crippen molar-refractivity contribution < 1.29 is 14.9 Å². The first-order valence-corrected chi connectivity index (χ1v) is 12.4. The molecule has 8 rings (SSSR count). The van der Waals surface area contributed by atoms with Gasteiger partial charge >= 0.3 is 0 Å². The second-order valence-electron chi connectivity index (χ2n) is 11.0. The van der Waals surface area contributed by atoms with E-state index in [0.717, 1.165) is 59.6 Å². The monoisotopic (exact) mass is 440 g/mol. The number of para-hydroxylation sites is 1. The average Bonchev–Trinajstić information content (AvgIpc) is 3.55. The molecule has 168 valence electrons. The van der Waals surface area contributed by atoms with Crippen LogP contribution in [0.25, 0.3) is 10.9 Å². The van der Waals surface area contributed by atoms with Crippen molar-refractivity contribution in [3.63, 3.8) is 0 Å². The summed E-state index contributed by atoms with van der Waals surface area (Å²) in [6, 6.07) is 12.2. The molecule has 1 aromatic heterocycles. The molecule has 5 nitrogen and oxygen atoms in total. The van der Waals surface area contributed by atoms with E-state index in [9.17, 15) is 10.2 Å². The number of benzene rings is 2. The third-order valence-electron chi connectivity index (χ3n) is 9.52. The van der Waals surface area contributed by atoms with E-state index in [0.29, 0.717) is 12.2 Å². The van der Waals surface area contributed by atoms with Gasteiger partial charge in [-0.3, -0.25) is 4.90 Å². The van der Waals surface area contributed by atoms with Crippen molar-refractivity contribution in [3.05, 3.63) is 64.3 Å². The van der Waals surface area contributed by atoms with Gasteiger partial charge < -0.3 is 14.9 Å². The van der Waals surface area contributed by atoms with Crippen molar-refractivity contribution in [1.82, 2.24) is 9.88 Å². The minimum Gasteiger partial charge on any atom is -0.504 e. The minimum absolute atomic E-state index is 0.0555. The summed E-state index contributed by atoms with van der Waals surface area (Å²) in [5, 5.41) is 24.8. The maximum Gasteiger partial charge on any atom is 0.166 e. The highest BCUT2D eigenvalue weighted by Gasteiger charge is 2.72. The Balaban J connectivity index is 1.43. The molecule has 0 unspecified atom stereocenters. The topological polar surface area (TPSA) is 65.8 Å². The number of aryl methyl sites for hydroxylation is 1. The summed E-state index contributed by atoms with van der Waals surface area (Å²) < 4.78 is 6.64. The Kier molecular flexibility index (Phi) is 3.35. The molecule has 1 spiro atoms. The molecular formula is C28H28N2O3. The second kappa shape index (κ2) is 5.89. The first-order valence-electron chi connectivity index (χ1n) is 12.4. The number of nitrogens with zero attached hydrogens (tertiary/aromatic N) is 2. The van der Waals surface area contributed by atoms with Crippen molar-refractivity contribution in [3.8, 4) is 11.5 Å². The van der Waals surface area contributed by atoms with Crippen LogP contribution in [0.3, 0.4) is 0 Å². The standard InChI is InChI=1S/C28H28N2O3/c1-15-18-4-2-3-5-20(18)29-24-19(15)13-28(32)22-12-17-8-9-21(31)25-23(17)27(28,26(24)33-25)10-11-30(22)14-16-6-7-16/h2-5,8-9,16,22,26,31-32H,6-7,10-14H2,1H3/t22-,26+,27+,28-/m1/s1. The summed E-state index contributed by atoms with van der Waals surface area (Å²) in [6.07, 6.45) is 4.47. The van der Waals surface area contributed by atoms with E-state index >= 15 is 0 Å². The lowest BCUT2D eigenvalue weighted by atomic mass is 9.48. The molecule has 0 amide bonds. The zero-order chi connectivity index (χ0) is 22.1. The fourth-order valence-corrected chi connectivity index (χ4v) is 7.80. The van der Waals surface area contributed by atoms with Gasteiger partial charge in [0.15, 0.2) is 17.6 Å². The van der Waals surface area contributed by atoms with E-state index in [2.05, 4.69) is 36.1 Å². The number of hydrogen-bond acceptors (Lipinski definition) is 5. The maximum absolute atomic E-state index is 12.8. The molecule has 4 atom stereocenters. The van der Waals surface area contributed by atoms with E-state index in [1.807, 2.05) is 6.07 Å². The molecule has 3 aromatic rings. The van der Waals surface area contributed by atoms with Crippen molar-refractivity contribution in [2.45, 2.75) is 62.2 Å². The lowest BCUT2D eigenvalue weighted by Gasteiger charge is -2.63. The van der Waals surface area contributed by atoms with Crippen LogP contribution in [-0.4, -0.2) is 44.8 Å². The summed E-state index contributed by atoms with van der Waals surface area (Å²) >= 11 is 0. The van der Waals surface area contributed by atoms with Gasteiger partial charge in [0.25, 0.3) is 0 Å². The average molecular weight is 441 g/mol. The third-order valence-corrected chi connectivity index (χ3v) is 9.52.